The van der Waals surface area contributed by atoms with Crippen LogP contribution in [0.25, 0.3) is 10.9 Å². The lowest BCUT2D eigenvalue weighted by molar-refractivity contribution is -0.113. The van der Waals surface area contributed by atoms with E-state index in [-0.39, 0.29) is 17.3 Å². The minimum atomic E-state index is -0.789. The van der Waals surface area contributed by atoms with Gasteiger partial charge in [0.05, 0.1) is 11.4 Å². The molecule has 0 bridgehead atoms. The Morgan fingerprint density at radius 3 is 2.52 bits per heavy atom. The molecule has 3 nitrogen and oxygen atoms in total. The summed E-state index contributed by atoms with van der Waals surface area (Å²) >= 11 is 1.39. The number of hydrogen-bond donors (Lipinski definition) is 1. The molecular weight excluding hydrogens is 390 g/mol. The largest absolute Gasteiger partial charge is 0.342 e. The van der Waals surface area contributed by atoms with Gasteiger partial charge in [-0.3, -0.25) is 4.79 Å². The monoisotopic (exact) mass is 408 g/mol. The number of thioether (sulfide) groups is 1. The summed E-state index contributed by atoms with van der Waals surface area (Å²) in [5, 5.41) is 3.56. The van der Waals surface area contributed by atoms with E-state index in [0.717, 1.165) is 34.5 Å². The highest BCUT2D eigenvalue weighted by Gasteiger charge is 2.12. The van der Waals surface area contributed by atoms with Crippen LogP contribution in [-0.4, -0.2) is 16.2 Å². The molecule has 1 heterocycles. The number of halogens is 2. The molecule has 146 valence electrons. The van der Waals surface area contributed by atoms with Gasteiger partial charge in [-0.25, -0.2) is 8.78 Å². The molecule has 0 radical (unpaired) electrons. The molecule has 1 amide bonds. The predicted molar refractivity (Wildman–Crippen MR) is 113 cm³/mol. The topological polar surface area (TPSA) is 34.0 Å². The van der Waals surface area contributed by atoms with Crippen molar-refractivity contribution >= 4 is 34.3 Å². The van der Waals surface area contributed by atoms with E-state index < -0.39 is 11.6 Å². The highest BCUT2D eigenvalue weighted by Crippen LogP contribution is 2.30. The van der Waals surface area contributed by atoms with Gasteiger partial charge >= 0.3 is 0 Å². The van der Waals surface area contributed by atoms with E-state index in [1.54, 1.807) is 0 Å². The summed E-state index contributed by atoms with van der Waals surface area (Å²) in [4.78, 5) is 13.2. The van der Waals surface area contributed by atoms with Crippen LogP contribution in [0.4, 0.5) is 14.5 Å². The molecule has 4 rings (SSSR count). The van der Waals surface area contributed by atoms with Gasteiger partial charge in [0.25, 0.3) is 0 Å². The molecule has 0 atom stereocenters. The Kier molecular flexibility index (Phi) is 5.62. The van der Waals surface area contributed by atoms with Gasteiger partial charge in [0, 0.05) is 34.6 Å². The maximum absolute atomic E-state index is 13.7. The van der Waals surface area contributed by atoms with Crippen LogP contribution < -0.4 is 5.32 Å². The number of para-hydroxylation sites is 1. The van der Waals surface area contributed by atoms with Crippen LogP contribution in [0.2, 0.25) is 0 Å². The molecule has 0 saturated heterocycles. The van der Waals surface area contributed by atoms with E-state index in [1.807, 2.05) is 42.6 Å². The van der Waals surface area contributed by atoms with Crippen molar-refractivity contribution in [2.45, 2.75) is 11.4 Å². The number of amides is 1. The SMILES string of the molecule is O=C(CSc1cn(Cc2ccccc2)c2ccccc12)Nc1ccc(F)cc1F. The normalized spacial score (nSPS) is 11.0. The Labute approximate surface area is 171 Å². The van der Waals surface area contributed by atoms with E-state index >= 15 is 0 Å². The van der Waals surface area contributed by atoms with Crippen LogP contribution >= 0.6 is 11.8 Å². The number of anilines is 1. The van der Waals surface area contributed by atoms with Crippen LogP contribution in [0.1, 0.15) is 5.56 Å². The molecule has 0 spiro atoms. The first-order valence-corrected chi connectivity index (χ1v) is 10.1. The third-order valence-corrected chi connectivity index (χ3v) is 5.55. The van der Waals surface area contributed by atoms with Crippen molar-refractivity contribution in [3.8, 4) is 0 Å². The molecular formula is C23H18F2N2OS. The second-order valence-corrected chi connectivity index (χ2v) is 7.60. The van der Waals surface area contributed by atoms with E-state index in [9.17, 15) is 13.6 Å². The van der Waals surface area contributed by atoms with Gasteiger partial charge in [-0.2, -0.15) is 0 Å². The maximum Gasteiger partial charge on any atom is 0.234 e. The van der Waals surface area contributed by atoms with E-state index in [1.165, 1.54) is 23.4 Å². The van der Waals surface area contributed by atoms with Crippen LogP contribution in [0.3, 0.4) is 0 Å². The Balaban J connectivity index is 1.50. The summed E-state index contributed by atoms with van der Waals surface area (Å²) in [7, 11) is 0. The van der Waals surface area contributed by atoms with E-state index in [4.69, 9.17) is 0 Å². The average Bonchev–Trinajstić information content (AvgIpc) is 3.07. The Morgan fingerprint density at radius 1 is 0.966 bits per heavy atom. The van der Waals surface area contributed by atoms with Crippen LogP contribution in [0.15, 0.2) is 83.9 Å². The van der Waals surface area contributed by atoms with Crippen molar-refractivity contribution in [1.82, 2.24) is 4.57 Å². The van der Waals surface area contributed by atoms with Crippen molar-refractivity contribution in [1.29, 1.82) is 0 Å². The summed E-state index contributed by atoms with van der Waals surface area (Å²) in [5.41, 5.74) is 2.25. The summed E-state index contributed by atoms with van der Waals surface area (Å²) in [5.74, 6) is -1.69. The second-order valence-electron chi connectivity index (χ2n) is 6.59. The van der Waals surface area contributed by atoms with Gasteiger partial charge in [0.15, 0.2) is 0 Å². The predicted octanol–water partition coefficient (Wildman–Crippen LogP) is 5.70. The molecule has 0 unspecified atom stereocenters. The lowest BCUT2D eigenvalue weighted by atomic mass is 10.2. The molecule has 0 aliphatic rings. The number of nitrogens with zero attached hydrogens (tertiary/aromatic N) is 1. The molecule has 4 aromatic rings. The van der Waals surface area contributed by atoms with Crippen LogP contribution in [0, 0.1) is 11.6 Å². The highest BCUT2D eigenvalue weighted by atomic mass is 32.2. The number of aromatic nitrogens is 1. The molecule has 0 fully saturated rings. The lowest BCUT2D eigenvalue weighted by Gasteiger charge is -2.06. The van der Waals surface area contributed by atoms with Gasteiger partial charge in [-0.1, -0.05) is 48.5 Å². The highest BCUT2D eigenvalue weighted by molar-refractivity contribution is 8.00. The van der Waals surface area contributed by atoms with Crippen molar-refractivity contribution < 1.29 is 13.6 Å². The van der Waals surface area contributed by atoms with Crippen molar-refractivity contribution in [3.05, 3.63) is 96.2 Å². The molecule has 6 heteroatoms. The number of nitrogens with one attached hydrogen (secondary N) is 1. The van der Waals surface area contributed by atoms with Crippen LogP contribution in [0.5, 0.6) is 0 Å². The molecule has 1 N–H and O–H groups in total. The molecule has 0 saturated carbocycles. The fourth-order valence-corrected chi connectivity index (χ4v) is 4.05. The first kappa shape index (κ1) is 19.2. The Hall–Kier alpha value is -3.12. The summed E-state index contributed by atoms with van der Waals surface area (Å²) < 4.78 is 28.9. The van der Waals surface area contributed by atoms with E-state index in [0.29, 0.717) is 0 Å². The minimum absolute atomic E-state index is 0.0245. The van der Waals surface area contributed by atoms with Gasteiger partial charge in [0.1, 0.15) is 11.6 Å². The molecule has 1 aromatic heterocycles. The first-order chi connectivity index (χ1) is 14.1. The third kappa shape index (κ3) is 4.49. The zero-order valence-electron chi connectivity index (χ0n) is 15.4. The molecule has 3 aromatic carbocycles. The lowest BCUT2D eigenvalue weighted by Crippen LogP contribution is -2.15. The number of fused-ring (bicyclic) bond motifs is 1. The standard InChI is InChI=1S/C23H18F2N2OS/c24-17-10-11-20(19(25)12-17)26-23(28)15-29-22-14-27(13-16-6-2-1-3-7-16)21-9-5-4-8-18(21)22/h1-12,14H,13,15H2,(H,26,28). The number of carbonyl (C=O) groups is 1. The smallest absolute Gasteiger partial charge is 0.234 e. The van der Waals surface area contributed by atoms with Gasteiger partial charge < -0.3 is 9.88 Å². The summed E-state index contributed by atoms with van der Waals surface area (Å²) in [6.07, 6.45) is 2.04. The second kappa shape index (κ2) is 8.49. The molecule has 0 aliphatic heterocycles. The number of hydrogen-bond acceptors (Lipinski definition) is 2. The Morgan fingerprint density at radius 2 is 1.72 bits per heavy atom. The van der Waals surface area contributed by atoms with Crippen molar-refractivity contribution in [2.24, 2.45) is 0 Å². The third-order valence-electron chi connectivity index (χ3n) is 4.51. The number of rotatable bonds is 6. The fraction of sp³-hybridized carbons (Fsp3) is 0.0870. The summed E-state index contributed by atoms with van der Waals surface area (Å²) in [6.45, 7) is 0.731. The number of benzene rings is 3. The quantitative estimate of drug-likeness (QED) is 0.415. The van der Waals surface area contributed by atoms with E-state index in [2.05, 4.69) is 28.1 Å². The fourth-order valence-electron chi connectivity index (χ4n) is 3.16. The van der Waals surface area contributed by atoms with Crippen molar-refractivity contribution in [2.75, 3.05) is 11.1 Å². The van der Waals surface area contributed by atoms with Crippen LogP contribution in [-0.2, 0) is 11.3 Å². The average molecular weight is 408 g/mol. The zero-order chi connectivity index (χ0) is 20.2. The van der Waals surface area contributed by atoms with Gasteiger partial charge in [0.2, 0.25) is 5.91 Å². The first-order valence-electron chi connectivity index (χ1n) is 9.09. The molecule has 0 aliphatic carbocycles. The maximum atomic E-state index is 13.7. The van der Waals surface area contributed by atoms with Gasteiger partial charge in [-0.15, -0.1) is 11.8 Å². The molecule has 29 heavy (non-hydrogen) atoms. The summed E-state index contributed by atoms with van der Waals surface area (Å²) in [6, 6.07) is 21.3. The van der Waals surface area contributed by atoms with Crippen molar-refractivity contribution in [3.63, 3.8) is 0 Å². The zero-order valence-corrected chi connectivity index (χ0v) is 16.3. The van der Waals surface area contributed by atoms with Gasteiger partial charge in [-0.05, 0) is 23.8 Å². The number of carbonyl (C=O) groups excluding carboxylic acids is 1. The minimum Gasteiger partial charge on any atom is -0.342 e. The Bertz CT molecular complexity index is 1160.